The lowest BCUT2D eigenvalue weighted by atomic mass is 10.0. The topological polar surface area (TPSA) is 41.1 Å². The highest BCUT2D eigenvalue weighted by molar-refractivity contribution is 5.75. The molecule has 3 nitrogen and oxygen atoms in total. The number of hydrogen-bond donors (Lipinski definition) is 2. The molecule has 18 heavy (non-hydrogen) atoms. The quantitative estimate of drug-likeness (QED) is 0.712. The van der Waals surface area contributed by atoms with E-state index < -0.39 is 29.5 Å². The molecule has 0 bridgehead atoms. The van der Waals surface area contributed by atoms with Gasteiger partial charge in [-0.1, -0.05) is 0 Å². The summed E-state index contributed by atoms with van der Waals surface area (Å²) in [5.41, 5.74) is -5.25. The first kappa shape index (κ1) is 16.9. The molecule has 2 amide bonds. The van der Waals surface area contributed by atoms with Gasteiger partial charge in [0.05, 0.1) is 0 Å². The van der Waals surface area contributed by atoms with E-state index in [1.165, 1.54) is 20.8 Å². The summed E-state index contributed by atoms with van der Waals surface area (Å²) in [6, 6.07) is -1.54. The van der Waals surface area contributed by atoms with Crippen LogP contribution in [0.25, 0.3) is 0 Å². The molecule has 0 rings (SSSR count). The third-order valence-electron chi connectivity index (χ3n) is 1.99. The number of urea groups is 1. The predicted molar refractivity (Wildman–Crippen MR) is 51.9 cm³/mol. The molecule has 0 aliphatic heterocycles. The van der Waals surface area contributed by atoms with Crippen molar-refractivity contribution in [2.75, 3.05) is 0 Å². The van der Waals surface area contributed by atoms with E-state index >= 15 is 0 Å². The van der Waals surface area contributed by atoms with Crippen LogP contribution in [0.5, 0.6) is 0 Å². The molecule has 0 fully saturated rings. The highest BCUT2D eigenvalue weighted by Crippen LogP contribution is 2.42. The zero-order valence-corrected chi connectivity index (χ0v) is 10.2. The Hall–Kier alpha value is -1.15. The van der Waals surface area contributed by atoms with E-state index in [0.29, 0.717) is 0 Å². The minimum Gasteiger partial charge on any atom is -0.334 e. The first-order valence-electron chi connectivity index (χ1n) is 4.84. The Morgan fingerprint density at radius 2 is 1.11 bits per heavy atom. The van der Waals surface area contributed by atoms with Crippen molar-refractivity contribution in [3.63, 3.8) is 0 Å². The SMILES string of the molecule is CC(C)(C)NC(=O)NC(C)(C(F)(F)F)C(F)(F)F. The summed E-state index contributed by atoms with van der Waals surface area (Å²) in [6.07, 6.45) is -11.3. The highest BCUT2D eigenvalue weighted by atomic mass is 19.4. The molecule has 0 aromatic carbocycles. The average molecular weight is 280 g/mol. The smallest absolute Gasteiger partial charge is 0.334 e. The van der Waals surface area contributed by atoms with Crippen molar-refractivity contribution in [2.45, 2.75) is 51.1 Å². The summed E-state index contributed by atoms with van der Waals surface area (Å²) in [5, 5.41) is 2.90. The monoisotopic (exact) mass is 280 g/mol. The van der Waals surface area contributed by atoms with Crippen molar-refractivity contribution < 1.29 is 31.1 Å². The summed E-state index contributed by atoms with van der Waals surface area (Å²) in [6.45, 7) is 4.14. The fourth-order valence-electron chi connectivity index (χ4n) is 0.901. The van der Waals surface area contributed by atoms with Crippen LogP contribution in [0.2, 0.25) is 0 Å². The molecule has 0 aromatic rings. The third-order valence-corrected chi connectivity index (χ3v) is 1.99. The Bertz CT molecular complexity index is 300. The number of carbonyl (C=O) groups excluding carboxylic acids is 1. The Labute approximate surface area is 99.9 Å². The standard InChI is InChI=1S/C9H14F6N2O/c1-6(2,3)16-5(18)17-7(4,8(10,11)12)9(13,14)15/h1-4H3,(H2,16,17,18). The second kappa shape index (κ2) is 4.51. The second-order valence-electron chi connectivity index (χ2n) is 4.95. The molecule has 0 aromatic heterocycles. The highest BCUT2D eigenvalue weighted by Gasteiger charge is 2.68. The van der Waals surface area contributed by atoms with Gasteiger partial charge in [0.15, 0.2) is 0 Å². The number of nitrogens with one attached hydrogen (secondary N) is 2. The van der Waals surface area contributed by atoms with Crippen LogP contribution in [0.1, 0.15) is 27.7 Å². The van der Waals surface area contributed by atoms with E-state index in [1.54, 1.807) is 0 Å². The van der Waals surface area contributed by atoms with Gasteiger partial charge >= 0.3 is 18.4 Å². The maximum absolute atomic E-state index is 12.4. The lowest BCUT2D eigenvalue weighted by Crippen LogP contribution is -2.67. The van der Waals surface area contributed by atoms with Crippen LogP contribution in [0.3, 0.4) is 0 Å². The van der Waals surface area contributed by atoms with Crippen molar-refractivity contribution in [3.05, 3.63) is 0 Å². The van der Waals surface area contributed by atoms with Gasteiger partial charge in [-0.3, -0.25) is 0 Å². The van der Waals surface area contributed by atoms with Crippen molar-refractivity contribution in [1.82, 2.24) is 10.6 Å². The molecule has 0 saturated heterocycles. The lowest BCUT2D eigenvalue weighted by Gasteiger charge is -2.35. The minimum atomic E-state index is -5.65. The summed E-state index contributed by atoms with van der Waals surface area (Å²) in [7, 11) is 0. The molecular weight excluding hydrogens is 266 g/mol. The predicted octanol–water partition coefficient (Wildman–Crippen LogP) is 2.97. The number of rotatable bonds is 1. The third kappa shape index (κ3) is 3.95. The average Bonchev–Trinajstić information content (AvgIpc) is 1.94. The van der Waals surface area contributed by atoms with Crippen LogP contribution in [0.15, 0.2) is 0 Å². The van der Waals surface area contributed by atoms with E-state index in [2.05, 4.69) is 0 Å². The first-order valence-corrected chi connectivity index (χ1v) is 4.84. The van der Waals surface area contributed by atoms with Gasteiger partial charge < -0.3 is 10.6 Å². The van der Waals surface area contributed by atoms with Gasteiger partial charge in [-0.25, -0.2) is 4.79 Å². The lowest BCUT2D eigenvalue weighted by molar-refractivity contribution is -0.297. The van der Waals surface area contributed by atoms with Gasteiger partial charge in [-0.2, -0.15) is 26.3 Å². The maximum Gasteiger partial charge on any atom is 0.420 e. The zero-order valence-electron chi connectivity index (χ0n) is 10.2. The largest absolute Gasteiger partial charge is 0.420 e. The summed E-state index contributed by atoms with van der Waals surface area (Å²) < 4.78 is 74.6. The van der Waals surface area contributed by atoms with Crippen molar-refractivity contribution in [1.29, 1.82) is 0 Å². The number of alkyl halides is 6. The number of hydrogen-bond acceptors (Lipinski definition) is 1. The Morgan fingerprint density at radius 3 is 1.33 bits per heavy atom. The molecule has 108 valence electrons. The van der Waals surface area contributed by atoms with E-state index in [9.17, 15) is 31.1 Å². The van der Waals surface area contributed by atoms with E-state index in [4.69, 9.17) is 0 Å². The molecule has 0 heterocycles. The van der Waals surface area contributed by atoms with Gasteiger partial charge in [0, 0.05) is 5.54 Å². The number of halogens is 6. The maximum atomic E-state index is 12.4. The van der Waals surface area contributed by atoms with Crippen LogP contribution < -0.4 is 10.6 Å². The molecule has 2 N–H and O–H groups in total. The van der Waals surface area contributed by atoms with Gasteiger partial charge in [0.2, 0.25) is 5.54 Å². The van der Waals surface area contributed by atoms with Crippen molar-refractivity contribution in [3.8, 4) is 0 Å². The van der Waals surface area contributed by atoms with Crippen LogP contribution in [-0.4, -0.2) is 29.5 Å². The van der Waals surface area contributed by atoms with Gasteiger partial charge in [-0.05, 0) is 27.7 Å². The number of amides is 2. The van der Waals surface area contributed by atoms with Gasteiger partial charge in [0.1, 0.15) is 0 Å². The summed E-state index contributed by atoms with van der Waals surface area (Å²) in [4.78, 5) is 11.1. The normalized spacial score (nSPS) is 14.3. The summed E-state index contributed by atoms with van der Waals surface area (Å²) >= 11 is 0. The Morgan fingerprint density at radius 1 is 0.778 bits per heavy atom. The van der Waals surface area contributed by atoms with Crippen molar-refractivity contribution in [2.24, 2.45) is 0 Å². The number of carbonyl (C=O) groups is 1. The molecule has 0 unspecified atom stereocenters. The minimum absolute atomic E-state index is 0.130. The van der Waals surface area contributed by atoms with E-state index in [-0.39, 0.29) is 6.92 Å². The van der Waals surface area contributed by atoms with Gasteiger partial charge in [0.25, 0.3) is 0 Å². The fourth-order valence-corrected chi connectivity index (χ4v) is 0.901. The zero-order chi connectivity index (χ0) is 15.0. The fraction of sp³-hybridized carbons (Fsp3) is 0.889. The summed E-state index contributed by atoms with van der Waals surface area (Å²) in [5.74, 6) is 0. The second-order valence-corrected chi connectivity index (χ2v) is 4.95. The molecule has 0 spiro atoms. The van der Waals surface area contributed by atoms with Crippen LogP contribution >= 0.6 is 0 Å². The molecule has 0 saturated carbocycles. The van der Waals surface area contributed by atoms with Crippen LogP contribution in [0, 0.1) is 0 Å². The van der Waals surface area contributed by atoms with Crippen LogP contribution in [-0.2, 0) is 0 Å². The van der Waals surface area contributed by atoms with E-state index in [0.717, 1.165) is 5.32 Å². The van der Waals surface area contributed by atoms with Crippen molar-refractivity contribution >= 4 is 6.03 Å². The molecule has 0 atom stereocenters. The van der Waals surface area contributed by atoms with Gasteiger partial charge in [-0.15, -0.1) is 0 Å². The molecule has 0 aliphatic rings. The first-order chi connectivity index (χ1) is 7.60. The molecule has 9 heteroatoms. The molecule has 0 aliphatic carbocycles. The Kier molecular flexibility index (Phi) is 4.22. The van der Waals surface area contributed by atoms with Crippen LogP contribution in [0.4, 0.5) is 31.1 Å². The van der Waals surface area contributed by atoms with E-state index in [1.807, 2.05) is 5.32 Å². The Balaban J connectivity index is 5.13. The molecular formula is C9H14F6N2O. The molecule has 0 radical (unpaired) electrons.